The maximum atomic E-state index is 11.2. The first kappa shape index (κ1) is 9.15. The van der Waals surface area contributed by atoms with Gasteiger partial charge in [-0.15, -0.1) is 0 Å². The Morgan fingerprint density at radius 2 is 1.93 bits per heavy atom. The van der Waals surface area contributed by atoms with Gasteiger partial charge in [-0.1, -0.05) is 18.2 Å². The number of nitrogens with zero attached hydrogens (tertiary/aromatic N) is 1. The molecule has 0 bridgehead atoms. The minimum atomic E-state index is -3.16. The van der Waals surface area contributed by atoms with Crippen LogP contribution >= 0.6 is 0 Å². The molecule has 0 radical (unpaired) electrons. The molecule has 0 unspecified atom stereocenters. The lowest BCUT2D eigenvalue weighted by Gasteiger charge is -1.99. The first-order valence-electron chi connectivity index (χ1n) is 4.12. The zero-order valence-electron chi connectivity index (χ0n) is 7.64. The summed E-state index contributed by atoms with van der Waals surface area (Å²) < 4.78 is 22.5. The molecule has 0 aliphatic rings. The van der Waals surface area contributed by atoms with Gasteiger partial charge < -0.3 is 0 Å². The van der Waals surface area contributed by atoms with Crippen LogP contribution in [-0.4, -0.2) is 19.7 Å². The van der Waals surface area contributed by atoms with Crippen molar-refractivity contribution in [3.63, 3.8) is 0 Å². The van der Waals surface area contributed by atoms with Crippen molar-refractivity contribution < 1.29 is 8.42 Å². The summed E-state index contributed by atoms with van der Waals surface area (Å²) in [7, 11) is -3.16. The Labute approximate surface area is 82.3 Å². The van der Waals surface area contributed by atoms with Crippen LogP contribution in [0.3, 0.4) is 0 Å². The SMILES string of the molecule is CS(=O)(=O)c1cnc2ccccc2c1. The molecular formula is C10H9NO2S. The molecule has 2 rings (SSSR count). The number of fused-ring (bicyclic) bond motifs is 1. The molecule has 2 aromatic rings. The fourth-order valence-corrected chi connectivity index (χ4v) is 1.84. The summed E-state index contributed by atoms with van der Waals surface area (Å²) in [4.78, 5) is 4.33. The van der Waals surface area contributed by atoms with Crippen molar-refractivity contribution in [3.8, 4) is 0 Å². The standard InChI is InChI=1S/C10H9NO2S/c1-14(12,13)9-6-8-4-2-3-5-10(8)11-7-9/h2-7H,1H3. The van der Waals surface area contributed by atoms with Gasteiger partial charge >= 0.3 is 0 Å². The second-order valence-electron chi connectivity index (χ2n) is 3.14. The van der Waals surface area contributed by atoms with E-state index in [1.165, 1.54) is 12.5 Å². The lowest BCUT2D eigenvalue weighted by molar-refractivity contribution is 0.601. The molecule has 1 aromatic carbocycles. The Hall–Kier alpha value is -1.42. The summed E-state index contributed by atoms with van der Waals surface area (Å²) in [6, 6.07) is 9.06. The molecule has 72 valence electrons. The van der Waals surface area contributed by atoms with Gasteiger partial charge in [-0.25, -0.2) is 8.42 Å². The molecule has 4 heteroatoms. The van der Waals surface area contributed by atoms with E-state index >= 15 is 0 Å². The second-order valence-corrected chi connectivity index (χ2v) is 5.15. The van der Waals surface area contributed by atoms with Crippen LogP contribution < -0.4 is 0 Å². The van der Waals surface area contributed by atoms with E-state index in [1.807, 2.05) is 24.3 Å². The molecule has 0 aliphatic carbocycles. The minimum Gasteiger partial charge on any atom is -0.255 e. The molecule has 3 nitrogen and oxygen atoms in total. The van der Waals surface area contributed by atoms with Crippen LogP contribution in [-0.2, 0) is 9.84 Å². The lowest BCUT2D eigenvalue weighted by atomic mass is 10.2. The van der Waals surface area contributed by atoms with Crippen LogP contribution in [0.5, 0.6) is 0 Å². The summed E-state index contributed by atoms with van der Waals surface area (Å²) in [5, 5.41) is 0.843. The van der Waals surface area contributed by atoms with Crippen LogP contribution in [0.15, 0.2) is 41.4 Å². The maximum absolute atomic E-state index is 11.2. The van der Waals surface area contributed by atoms with Crippen molar-refractivity contribution in [2.75, 3.05) is 6.26 Å². The molecule has 0 amide bonds. The molecule has 0 saturated heterocycles. The largest absolute Gasteiger partial charge is 0.255 e. The molecule has 0 fully saturated rings. The quantitative estimate of drug-likeness (QED) is 0.714. The van der Waals surface area contributed by atoms with Gasteiger partial charge in [0.25, 0.3) is 0 Å². The normalized spacial score (nSPS) is 11.8. The van der Waals surface area contributed by atoms with Crippen LogP contribution in [0, 0.1) is 0 Å². The molecule has 0 spiro atoms. The van der Waals surface area contributed by atoms with Crippen molar-refractivity contribution >= 4 is 20.7 Å². The van der Waals surface area contributed by atoms with Crippen molar-refractivity contribution in [2.45, 2.75) is 4.90 Å². The van der Waals surface area contributed by atoms with E-state index in [0.717, 1.165) is 10.9 Å². The summed E-state index contributed by atoms with van der Waals surface area (Å²) in [6.45, 7) is 0. The number of aromatic nitrogens is 1. The van der Waals surface area contributed by atoms with Gasteiger partial charge in [0.15, 0.2) is 9.84 Å². The number of para-hydroxylation sites is 1. The lowest BCUT2D eigenvalue weighted by Crippen LogP contribution is -1.97. The van der Waals surface area contributed by atoms with Crippen molar-refractivity contribution in [2.24, 2.45) is 0 Å². The summed E-state index contributed by atoms with van der Waals surface area (Å²) >= 11 is 0. The van der Waals surface area contributed by atoms with E-state index in [0.29, 0.717) is 0 Å². The molecule has 0 atom stereocenters. The van der Waals surface area contributed by atoms with Crippen LogP contribution in [0.4, 0.5) is 0 Å². The van der Waals surface area contributed by atoms with E-state index in [1.54, 1.807) is 6.07 Å². The average Bonchev–Trinajstić information content (AvgIpc) is 2.16. The summed E-state index contributed by atoms with van der Waals surface area (Å²) in [5.74, 6) is 0. The van der Waals surface area contributed by atoms with E-state index in [-0.39, 0.29) is 4.90 Å². The Morgan fingerprint density at radius 3 is 2.64 bits per heavy atom. The number of benzene rings is 1. The highest BCUT2D eigenvalue weighted by molar-refractivity contribution is 7.90. The fourth-order valence-electron chi connectivity index (χ4n) is 1.25. The maximum Gasteiger partial charge on any atom is 0.177 e. The van der Waals surface area contributed by atoms with Crippen molar-refractivity contribution in [1.29, 1.82) is 0 Å². The van der Waals surface area contributed by atoms with Gasteiger partial charge in [0.2, 0.25) is 0 Å². The van der Waals surface area contributed by atoms with Crippen LogP contribution in [0.1, 0.15) is 0 Å². The molecule has 0 N–H and O–H groups in total. The van der Waals surface area contributed by atoms with Crippen molar-refractivity contribution in [3.05, 3.63) is 36.5 Å². The zero-order chi connectivity index (χ0) is 10.2. The highest BCUT2D eigenvalue weighted by Crippen LogP contribution is 2.15. The smallest absolute Gasteiger partial charge is 0.177 e. The first-order chi connectivity index (χ1) is 6.57. The van der Waals surface area contributed by atoms with E-state index in [9.17, 15) is 8.42 Å². The number of sulfone groups is 1. The Balaban J connectivity index is 2.75. The molecule has 1 aromatic heterocycles. The van der Waals surface area contributed by atoms with Gasteiger partial charge in [0.05, 0.1) is 10.4 Å². The number of rotatable bonds is 1. The number of hydrogen-bond acceptors (Lipinski definition) is 3. The zero-order valence-corrected chi connectivity index (χ0v) is 8.45. The Morgan fingerprint density at radius 1 is 1.21 bits per heavy atom. The predicted molar refractivity (Wildman–Crippen MR) is 54.9 cm³/mol. The molecule has 1 heterocycles. The van der Waals surface area contributed by atoms with Gasteiger partial charge in [0.1, 0.15) is 0 Å². The molecule has 14 heavy (non-hydrogen) atoms. The number of pyridine rings is 1. The minimum absolute atomic E-state index is 0.260. The summed E-state index contributed by atoms with van der Waals surface area (Å²) in [5.41, 5.74) is 0.805. The third-order valence-corrected chi connectivity index (χ3v) is 3.07. The van der Waals surface area contributed by atoms with Gasteiger partial charge in [-0.3, -0.25) is 4.98 Å². The van der Waals surface area contributed by atoms with Gasteiger partial charge in [-0.05, 0) is 12.1 Å². The fraction of sp³-hybridized carbons (Fsp3) is 0.100. The third-order valence-electron chi connectivity index (χ3n) is 1.99. The Kier molecular flexibility index (Phi) is 2.00. The first-order valence-corrected chi connectivity index (χ1v) is 6.01. The summed E-state index contributed by atoms with van der Waals surface area (Å²) in [6.07, 6.45) is 2.57. The highest BCUT2D eigenvalue weighted by Gasteiger charge is 2.07. The van der Waals surface area contributed by atoms with Gasteiger partial charge in [0, 0.05) is 17.8 Å². The number of hydrogen-bond donors (Lipinski definition) is 0. The average molecular weight is 207 g/mol. The van der Waals surface area contributed by atoms with Gasteiger partial charge in [-0.2, -0.15) is 0 Å². The highest BCUT2D eigenvalue weighted by atomic mass is 32.2. The molecule has 0 saturated carbocycles. The van der Waals surface area contributed by atoms with E-state index < -0.39 is 9.84 Å². The van der Waals surface area contributed by atoms with Crippen LogP contribution in [0.25, 0.3) is 10.9 Å². The monoisotopic (exact) mass is 207 g/mol. The topological polar surface area (TPSA) is 47.0 Å². The second kappa shape index (κ2) is 3.06. The van der Waals surface area contributed by atoms with Crippen molar-refractivity contribution in [1.82, 2.24) is 4.98 Å². The van der Waals surface area contributed by atoms with Crippen LogP contribution in [0.2, 0.25) is 0 Å². The predicted octanol–water partition coefficient (Wildman–Crippen LogP) is 1.64. The third kappa shape index (κ3) is 1.61. The van der Waals surface area contributed by atoms with E-state index in [4.69, 9.17) is 0 Å². The Bertz CT molecular complexity index is 575. The van der Waals surface area contributed by atoms with E-state index in [2.05, 4.69) is 4.98 Å². The molecular weight excluding hydrogens is 198 g/mol. The molecule has 0 aliphatic heterocycles.